The van der Waals surface area contributed by atoms with Crippen molar-refractivity contribution in [3.63, 3.8) is 0 Å². The van der Waals surface area contributed by atoms with Crippen molar-refractivity contribution < 1.29 is 18.9 Å². The summed E-state index contributed by atoms with van der Waals surface area (Å²) < 4.78 is 21.0. The Balaban J connectivity index is 2.39. The highest BCUT2D eigenvalue weighted by Crippen LogP contribution is 2.18. The first-order valence-corrected chi connectivity index (χ1v) is 5.09. The number of ether oxygens (including phenoxy) is 4. The van der Waals surface area contributed by atoms with Crippen LogP contribution in [-0.4, -0.2) is 33.9 Å². The fourth-order valence-electron chi connectivity index (χ4n) is 1.37. The zero-order valence-electron chi connectivity index (χ0n) is 9.93. The SMILES string of the molecule is COC(CCOc1ccccc1)(OC)OC. The molecule has 0 saturated heterocycles. The van der Waals surface area contributed by atoms with Crippen molar-refractivity contribution in [3.8, 4) is 5.75 Å². The van der Waals surface area contributed by atoms with Crippen molar-refractivity contribution in [2.24, 2.45) is 0 Å². The molecular formula is C12H18O4. The van der Waals surface area contributed by atoms with Gasteiger partial charge in [0.05, 0.1) is 13.0 Å². The second kappa shape index (κ2) is 6.48. The van der Waals surface area contributed by atoms with Crippen LogP contribution in [0.25, 0.3) is 0 Å². The predicted molar refractivity (Wildman–Crippen MR) is 60.3 cm³/mol. The van der Waals surface area contributed by atoms with Crippen LogP contribution in [0, 0.1) is 0 Å². The van der Waals surface area contributed by atoms with Crippen LogP contribution in [-0.2, 0) is 14.2 Å². The molecule has 90 valence electrons. The Hall–Kier alpha value is -1.10. The minimum Gasteiger partial charge on any atom is -0.493 e. The summed E-state index contributed by atoms with van der Waals surface area (Å²) in [5.41, 5.74) is 0. The van der Waals surface area contributed by atoms with Gasteiger partial charge in [0.2, 0.25) is 0 Å². The van der Waals surface area contributed by atoms with E-state index in [2.05, 4.69) is 0 Å². The summed E-state index contributed by atoms with van der Waals surface area (Å²) in [5.74, 6) is -0.200. The minimum atomic E-state index is -1.02. The molecule has 0 atom stereocenters. The standard InChI is InChI=1S/C12H18O4/c1-13-12(14-2,15-3)9-10-16-11-7-5-4-6-8-11/h4-8H,9-10H2,1-3H3. The second-order valence-corrected chi connectivity index (χ2v) is 3.21. The van der Waals surface area contributed by atoms with E-state index < -0.39 is 5.97 Å². The monoisotopic (exact) mass is 226 g/mol. The number of hydrogen-bond acceptors (Lipinski definition) is 4. The molecule has 1 aromatic rings. The number of benzene rings is 1. The third-order valence-electron chi connectivity index (χ3n) is 2.35. The van der Waals surface area contributed by atoms with E-state index >= 15 is 0 Å². The van der Waals surface area contributed by atoms with E-state index in [1.165, 1.54) is 21.3 Å². The van der Waals surface area contributed by atoms with Gasteiger partial charge in [0.25, 0.3) is 5.97 Å². The lowest BCUT2D eigenvalue weighted by molar-refractivity contribution is -0.356. The topological polar surface area (TPSA) is 36.9 Å². The number of methoxy groups -OCH3 is 3. The van der Waals surface area contributed by atoms with Gasteiger partial charge in [-0.15, -0.1) is 0 Å². The van der Waals surface area contributed by atoms with Gasteiger partial charge in [-0.3, -0.25) is 0 Å². The maximum atomic E-state index is 5.53. The number of hydrogen-bond donors (Lipinski definition) is 0. The Morgan fingerprint density at radius 2 is 1.50 bits per heavy atom. The fraction of sp³-hybridized carbons (Fsp3) is 0.500. The van der Waals surface area contributed by atoms with E-state index in [4.69, 9.17) is 18.9 Å². The predicted octanol–water partition coefficient (Wildman–Crippen LogP) is 2.05. The molecule has 16 heavy (non-hydrogen) atoms. The average Bonchev–Trinajstić information content (AvgIpc) is 2.37. The molecule has 0 aliphatic rings. The summed E-state index contributed by atoms with van der Waals surface area (Å²) in [6.45, 7) is 0.458. The van der Waals surface area contributed by atoms with Gasteiger partial charge in [0.1, 0.15) is 5.75 Å². The highest BCUT2D eigenvalue weighted by Gasteiger charge is 2.29. The zero-order chi connectivity index (χ0) is 11.9. The van der Waals surface area contributed by atoms with E-state index in [1.54, 1.807) is 0 Å². The van der Waals surface area contributed by atoms with Crippen molar-refractivity contribution >= 4 is 0 Å². The highest BCUT2D eigenvalue weighted by molar-refractivity contribution is 5.20. The number of rotatable bonds is 7. The van der Waals surface area contributed by atoms with Crippen LogP contribution < -0.4 is 4.74 Å². The van der Waals surface area contributed by atoms with Crippen LogP contribution in [0.1, 0.15) is 6.42 Å². The lowest BCUT2D eigenvalue weighted by Crippen LogP contribution is -2.37. The zero-order valence-corrected chi connectivity index (χ0v) is 9.93. The van der Waals surface area contributed by atoms with Crippen molar-refractivity contribution in [2.75, 3.05) is 27.9 Å². The molecule has 0 spiro atoms. The molecule has 4 nitrogen and oxygen atoms in total. The van der Waals surface area contributed by atoms with E-state index in [0.29, 0.717) is 13.0 Å². The number of para-hydroxylation sites is 1. The van der Waals surface area contributed by atoms with Gasteiger partial charge in [0, 0.05) is 21.3 Å². The molecular weight excluding hydrogens is 208 g/mol. The normalized spacial score (nSPS) is 11.4. The van der Waals surface area contributed by atoms with Crippen molar-refractivity contribution in [1.82, 2.24) is 0 Å². The summed E-state index contributed by atoms with van der Waals surface area (Å²) in [7, 11) is 4.61. The summed E-state index contributed by atoms with van der Waals surface area (Å²) in [6, 6.07) is 9.58. The van der Waals surface area contributed by atoms with Crippen LogP contribution in [0.2, 0.25) is 0 Å². The van der Waals surface area contributed by atoms with Gasteiger partial charge in [-0.2, -0.15) is 0 Å². The molecule has 0 aromatic heterocycles. The third-order valence-corrected chi connectivity index (χ3v) is 2.35. The maximum Gasteiger partial charge on any atom is 0.285 e. The molecule has 0 amide bonds. The van der Waals surface area contributed by atoms with Crippen LogP contribution in [0.3, 0.4) is 0 Å². The largest absolute Gasteiger partial charge is 0.493 e. The Morgan fingerprint density at radius 1 is 0.938 bits per heavy atom. The van der Waals surface area contributed by atoms with E-state index in [0.717, 1.165) is 5.75 Å². The van der Waals surface area contributed by atoms with Gasteiger partial charge in [-0.25, -0.2) is 0 Å². The van der Waals surface area contributed by atoms with Gasteiger partial charge in [-0.05, 0) is 12.1 Å². The smallest absolute Gasteiger partial charge is 0.285 e. The van der Waals surface area contributed by atoms with Crippen molar-refractivity contribution in [3.05, 3.63) is 30.3 Å². The van der Waals surface area contributed by atoms with Gasteiger partial charge < -0.3 is 18.9 Å². The van der Waals surface area contributed by atoms with Crippen LogP contribution >= 0.6 is 0 Å². The molecule has 0 unspecified atom stereocenters. The molecule has 0 aliphatic heterocycles. The Bertz CT molecular complexity index is 274. The van der Waals surface area contributed by atoms with E-state index in [-0.39, 0.29) is 0 Å². The van der Waals surface area contributed by atoms with Crippen LogP contribution in [0.15, 0.2) is 30.3 Å². The Morgan fingerprint density at radius 3 is 2.00 bits per heavy atom. The summed E-state index contributed by atoms with van der Waals surface area (Å²) in [4.78, 5) is 0. The van der Waals surface area contributed by atoms with Crippen molar-refractivity contribution in [1.29, 1.82) is 0 Å². The molecule has 0 bridgehead atoms. The summed E-state index contributed by atoms with van der Waals surface area (Å²) in [6.07, 6.45) is 0.491. The Kier molecular flexibility index (Phi) is 5.25. The molecule has 0 N–H and O–H groups in total. The van der Waals surface area contributed by atoms with Crippen LogP contribution in [0.4, 0.5) is 0 Å². The quantitative estimate of drug-likeness (QED) is 0.667. The second-order valence-electron chi connectivity index (χ2n) is 3.21. The first kappa shape index (κ1) is 13.0. The first-order valence-electron chi connectivity index (χ1n) is 5.09. The summed E-state index contributed by atoms with van der Waals surface area (Å²) in [5, 5.41) is 0. The van der Waals surface area contributed by atoms with Crippen molar-refractivity contribution in [2.45, 2.75) is 12.4 Å². The van der Waals surface area contributed by atoms with E-state index in [9.17, 15) is 0 Å². The first-order chi connectivity index (χ1) is 7.76. The third kappa shape index (κ3) is 3.48. The van der Waals surface area contributed by atoms with Gasteiger partial charge in [0.15, 0.2) is 0 Å². The fourth-order valence-corrected chi connectivity index (χ4v) is 1.37. The molecule has 0 fully saturated rings. The summed E-state index contributed by atoms with van der Waals surface area (Å²) >= 11 is 0. The molecule has 1 rings (SSSR count). The molecule has 0 radical (unpaired) electrons. The van der Waals surface area contributed by atoms with Crippen LogP contribution in [0.5, 0.6) is 5.75 Å². The Labute approximate surface area is 96.1 Å². The molecule has 1 aromatic carbocycles. The minimum absolute atomic E-state index is 0.458. The molecule has 0 saturated carbocycles. The molecule has 4 heteroatoms. The lowest BCUT2D eigenvalue weighted by atomic mass is 10.3. The van der Waals surface area contributed by atoms with Gasteiger partial charge >= 0.3 is 0 Å². The molecule has 0 aliphatic carbocycles. The molecule has 0 heterocycles. The maximum absolute atomic E-state index is 5.53. The van der Waals surface area contributed by atoms with E-state index in [1.807, 2.05) is 30.3 Å². The average molecular weight is 226 g/mol. The van der Waals surface area contributed by atoms with Gasteiger partial charge in [-0.1, -0.05) is 18.2 Å². The lowest BCUT2D eigenvalue weighted by Gasteiger charge is -2.28. The highest BCUT2D eigenvalue weighted by atomic mass is 16.9.